The van der Waals surface area contributed by atoms with E-state index in [-0.39, 0.29) is 24.4 Å². The Kier molecular flexibility index (Phi) is 8.09. The van der Waals surface area contributed by atoms with Crippen LogP contribution >= 0.6 is 40.1 Å². The molecule has 21 heavy (non-hydrogen) atoms. The van der Waals surface area contributed by atoms with E-state index in [1.165, 1.54) is 12.0 Å². The molecule has 3 nitrogen and oxygen atoms in total. The molecule has 1 aliphatic carbocycles. The first-order valence-electron chi connectivity index (χ1n) is 6.98. The molecule has 118 valence electrons. The van der Waals surface area contributed by atoms with E-state index in [1.54, 1.807) is 11.8 Å². The largest absolute Gasteiger partial charge is 0.352 e. The number of hydrogen-bond donors (Lipinski definition) is 2. The van der Waals surface area contributed by atoms with Crippen molar-refractivity contribution in [3.05, 3.63) is 28.2 Å². The highest BCUT2D eigenvalue weighted by atomic mass is 79.9. The third-order valence-electron chi connectivity index (χ3n) is 3.80. The van der Waals surface area contributed by atoms with Gasteiger partial charge in [0.25, 0.3) is 0 Å². The number of rotatable bonds is 5. The van der Waals surface area contributed by atoms with E-state index in [4.69, 9.17) is 5.73 Å². The number of carbonyl (C=O) groups excluding carboxylic acids is 1. The van der Waals surface area contributed by atoms with Crippen molar-refractivity contribution < 1.29 is 4.79 Å². The van der Waals surface area contributed by atoms with Crippen LogP contribution in [0.3, 0.4) is 0 Å². The van der Waals surface area contributed by atoms with Crippen molar-refractivity contribution in [2.24, 2.45) is 11.7 Å². The highest BCUT2D eigenvalue weighted by Gasteiger charge is 2.27. The minimum absolute atomic E-state index is 0. The maximum Gasteiger partial charge on any atom is 0.230 e. The molecular weight excluding hydrogens is 372 g/mol. The fourth-order valence-electron chi connectivity index (χ4n) is 2.68. The zero-order valence-electron chi connectivity index (χ0n) is 12.1. The fraction of sp³-hybridized carbons (Fsp3) is 0.533. The first kappa shape index (κ1) is 18.8. The van der Waals surface area contributed by atoms with Crippen molar-refractivity contribution in [2.75, 3.05) is 12.3 Å². The molecule has 0 aromatic heterocycles. The van der Waals surface area contributed by atoms with Gasteiger partial charge in [-0.05, 0) is 56.0 Å². The van der Waals surface area contributed by atoms with Crippen molar-refractivity contribution in [1.82, 2.24) is 5.32 Å². The molecule has 0 saturated heterocycles. The number of carbonyl (C=O) groups is 1. The average Bonchev–Trinajstić information content (AvgIpc) is 2.85. The lowest BCUT2D eigenvalue weighted by molar-refractivity contribution is -0.119. The zero-order valence-corrected chi connectivity index (χ0v) is 15.3. The van der Waals surface area contributed by atoms with Gasteiger partial charge in [0.05, 0.1) is 5.75 Å². The summed E-state index contributed by atoms with van der Waals surface area (Å²) in [6, 6.07) is 6.41. The summed E-state index contributed by atoms with van der Waals surface area (Å²) in [6.45, 7) is 2.73. The van der Waals surface area contributed by atoms with Crippen LogP contribution in [-0.4, -0.2) is 24.2 Å². The molecule has 1 saturated carbocycles. The third-order valence-corrected chi connectivity index (χ3v) is 5.47. The lowest BCUT2D eigenvalue weighted by atomic mass is 10.0. The molecule has 0 aliphatic heterocycles. The molecule has 2 unspecified atom stereocenters. The summed E-state index contributed by atoms with van der Waals surface area (Å²) >= 11 is 5.04. The van der Waals surface area contributed by atoms with Gasteiger partial charge >= 0.3 is 0 Å². The van der Waals surface area contributed by atoms with Gasteiger partial charge in [0.1, 0.15) is 0 Å². The van der Waals surface area contributed by atoms with Crippen molar-refractivity contribution in [3.63, 3.8) is 0 Å². The topological polar surface area (TPSA) is 55.1 Å². The molecule has 1 aromatic rings. The highest BCUT2D eigenvalue weighted by Crippen LogP contribution is 2.27. The minimum Gasteiger partial charge on any atom is -0.352 e. The predicted molar refractivity (Wildman–Crippen MR) is 95.2 cm³/mol. The quantitative estimate of drug-likeness (QED) is 0.753. The van der Waals surface area contributed by atoms with Crippen molar-refractivity contribution in [2.45, 2.75) is 37.1 Å². The van der Waals surface area contributed by atoms with Gasteiger partial charge in [0.15, 0.2) is 0 Å². The minimum atomic E-state index is 0. The summed E-state index contributed by atoms with van der Waals surface area (Å²) in [7, 11) is 0. The monoisotopic (exact) mass is 392 g/mol. The Morgan fingerprint density at radius 1 is 1.48 bits per heavy atom. The molecule has 3 N–H and O–H groups in total. The SMILES string of the molecule is Cc1cc(Br)ccc1SCC(=O)NC1CCCC1CN.Cl. The summed E-state index contributed by atoms with van der Waals surface area (Å²) in [4.78, 5) is 13.2. The number of nitrogens with two attached hydrogens (primary N) is 1. The van der Waals surface area contributed by atoms with Crippen LogP contribution in [0.5, 0.6) is 0 Å². The smallest absolute Gasteiger partial charge is 0.230 e. The Balaban J connectivity index is 0.00000220. The highest BCUT2D eigenvalue weighted by molar-refractivity contribution is 9.10. The van der Waals surface area contributed by atoms with E-state index >= 15 is 0 Å². The Morgan fingerprint density at radius 2 is 2.24 bits per heavy atom. The summed E-state index contributed by atoms with van der Waals surface area (Å²) in [5.41, 5.74) is 6.93. The lowest BCUT2D eigenvalue weighted by Crippen LogP contribution is -2.40. The van der Waals surface area contributed by atoms with E-state index in [0.717, 1.165) is 22.2 Å². The molecule has 6 heteroatoms. The lowest BCUT2D eigenvalue weighted by Gasteiger charge is -2.19. The van der Waals surface area contributed by atoms with E-state index in [0.29, 0.717) is 18.2 Å². The molecule has 0 radical (unpaired) electrons. The summed E-state index contributed by atoms with van der Waals surface area (Å²) in [5, 5.41) is 3.13. The molecule has 0 spiro atoms. The van der Waals surface area contributed by atoms with Crippen molar-refractivity contribution in [1.29, 1.82) is 0 Å². The molecule has 1 amide bonds. The number of nitrogens with one attached hydrogen (secondary N) is 1. The third kappa shape index (κ3) is 5.47. The first-order valence-corrected chi connectivity index (χ1v) is 8.76. The normalized spacial score (nSPS) is 20.9. The van der Waals surface area contributed by atoms with Crippen LogP contribution in [0.4, 0.5) is 0 Å². The molecule has 2 atom stereocenters. The van der Waals surface area contributed by atoms with E-state index in [9.17, 15) is 4.79 Å². The zero-order chi connectivity index (χ0) is 14.5. The Bertz CT molecular complexity index is 487. The molecule has 0 heterocycles. The predicted octanol–water partition coefficient (Wildman–Crippen LogP) is 3.52. The number of aryl methyl sites for hydroxylation is 1. The maximum atomic E-state index is 12.0. The number of benzene rings is 1. The van der Waals surface area contributed by atoms with Gasteiger partial charge in [-0.1, -0.05) is 22.4 Å². The van der Waals surface area contributed by atoms with Crippen LogP contribution in [0.1, 0.15) is 24.8 Å². The molecule has 1 aliphatic rings. The standard InChI is InChI=1S/C15H21BrN2OS.ClH/c1-10-7-12(16)5-6-14(10)20-9-15(19)18-13-4-2-3-11(13)8-17;/h5-7,11,13H,2-4,8-9,17H2,1H3,(H,18,19);1H. The summed E-state index contributed by atoms with van der Waals surface area (Å²) < 4.78 is 1.07. The Labute approximate surface area is 145 Å². The molecule has 1 fully saturated rings. The molecular formula is C15H22BrClN2OS. The molecule has 2 rings (SSSR count). The van der Waals surface area contributed by atoms with Gasteiger partial charge in [-0.15, -0.1) is 24.2 Å². The first-order chi connectivity index (χ1) is 9.60. The van der Waals surface area contributed by atoms with Crippen LogP contribution in [0.2, 0.25) is 0 Å². The van der Waals surface area contributed by atoms with Gasteiger partial charge in [-0.25, -0.2) is 0 Å². The van der Waals surface area contributed by atoms with Crippen LogP contribution in [0.15, 0.2) is 27.6 Å². The number of hydrogen-bond acceptors (Lipinski definition) is 3. The van der Waals surface area contributed by atoms with Gasteiger partial charge < -0.3 is 11.1 Å². The number of thioether (sulfide) groups is 1. The second-order valence-corrected chi connectivity index (χ2v) is 7.23. The van der Waals surface area contributed by atoms with Gasteiger partial charge in [0.2, 0.25) is 5.91 Å². The fourth-order valence-corrected chi connectivity index (χ4v) is 3.97. The van der Waals surface area contributed by atoms with Crippen molar-refractivity contribution in [3.8, 4) is 0 Å². The Morgan fingerprint density at radius 3 is 2.90 bits per heavy atom. The van der Waals surface area contributed by atoms with Gasteiger partial charge in [-0.3, -0.25) is 4.79 Å². The number of halogens is 2. The second-order valence-electron chi connectivity index (χ2n) is 5.30. The van der Waals surface area contributed by atoms with Gasteiger partial charge in [-0.2, -0.15) is 0 Å². The van der Waals surface area contributed by atoms with E-state index in [2.05, 4.69) is 40.3 Å². The summed E-state index contributed by atoms with van der Waals surface area (Å²) in [5.74, 6) is 1.04. The van der Waals surface area contributed by atoms with Crippen LogP contribution < -0.4 is 11.1 Å². The van der Waals surface area contributed by atoms with E-state index < -0.39 is 0 Å². The Hall–Kier alpha value is -0.230. The van der Waals surface area contributed by atoms with E-state index in [1.807, 2.05) is 6.07 Å². The second kappa shape index (κ2) is 9.03. The molecule has 0 bridgehead atoms. The number of amides is 1. The molecule has 1 aromatic carbocycles. The van der Waals surface area contributed by atoms with Gasteiger partial charge in [0, 0.05) is 15.4 Å². The van der Waals surface area contributed by atoms with Crippen LogP contribution in [0, 0.1) is 12.8 Å². The van der Waals surface area contributed by atoms with Crippen LogP contribution in [0.25, 0.3) is 0 Å². The maximum absolute atomic E-state index is 12.0. The summed E-state index contributed by atoms with van der Waals surface area (Å²) in [6.07, 6.45) is 3.38. The average molecular weight is 394 g/mol. The van der Waals surface area contributed by atoms with Crippen LogP contribution in [-0.2, 0) is 4.79 Å². The van der Waals surface area contributed by atoms with Crippen molar-refractivity contribution >= 4 is 46.0 Å².